The maximum absolute atomic E-state index is 12.5. The van der Waals surface area contributed by atoms with Crippen molar-refractivity contribution < 1.29 is 9.53 Å². The van der Waals surface area contributed by atoms with E-state index in [9.17, 15) is 4.79 Å². The first kappa shape index (κ1) is 14.7. The Bertz CT molecular complexity index is 895. The second-order valence-electron chi connectivity index (χ2n) is 6.97. The Labute approximate surface area is 147 Å². The van der Waals surface area contributed by atoms with Gasteiger partial charge >= 0.3 is 0 Å². The quantitative estimate of drug-likeness (QED) is 0.854. The summed E-state index contributed by atoms with van der Waals surface area (Å²) >= 11 is 0. The molecule has 2 aromatic carbocycles. The predicted molar refractivity (Wildman–Crippen MR) is 97.6 cm³/mol. The summed E-state index contributed by atoms with van der Waals surface area (Å²) < 4.78 is 5.96. The lowest BCUT2D eigenvalue weighted by Crippen LogP contribution is -2.18. The molecule has 0 unspecified atom stereocenters. The lowest BCUT2D eigenvalue weighted by molar-refractivity contribution is -0.110. The number of benzene rings is 2. The van der Waals surface area contributed by atoms with Crippen LogP contribution in [-0.2, 0) is 22.7 Å². The molecule has 3 heterocycles. The first-order chi connectivity index (χ1) is 12.3. The molecule has 4 nitrogen and oxygen atoms in total. The molecule has 0 atom stereocenters. The molecule has 1 amide bonds. The third kappa shape index (κ3) is 2.45. The van der Waals surface area contributed by atoms with E-state index in [0.717, 1.165) is 23.4 Å². The predicted octanol–water partition coefficient (Wildman–Crippen LogP) is 3.63. The molecule has 25 heavy (non-hydrogen) atoms. The van der Waals surface area contributed by atoms with Crippen molar-refractivity contribution in [3.8, 4) is 0 Å². The number of nitrogens with zero attached hydrogens (tertiary/aromatic N) is 1. The number of rotatable bonds is 2. The Morgan fingerprint density at radius 1 is 1.04 bits per heavy atom. The van der Waals surface area contributed by atoms with Crippen LogP contribution in [0.5, 0.6) is 0 Å². The standard InChI is InChI=1S/C21H20N2O2/c24-21-19(17-5-1-2-6-18(17)22-21)20-16-8-7-14(11-15(16)13-25-20)12-23-9-3-4-10-23/h1-2,5-8,11H,3-4,9-10,12-13H2,(H,22,24)/b20-19+. The first-order valence-electron chi connectivity index (χ1n) is 8.92. The number of carbonyl (C=O) groups excluding carboxylic acids is 1. The lowest BCUT2D eigenvalue weighted by Gasteiger charge is -2.15. The molecular weight excluding hydrogens is 312 g/mol. The van der Waals surface area contributed by atoms with Crippen LogP contribution < -0.4 is 5.32 Å². The van der Waals surface area contributed by atoms with Gasteiger partial charge in [0, 0.05) is 28.9 Å². The highest BCUT2D eigenvalue weighted by Gasteiger charge is 2.32. The highest BCUT2D eigenvalue weighted by atomic mass is 16.5. The fraction of sp³-hybridized carbons (Fsp3) is 0.286. The van der Waals surface area contributed by atoms with Gasteiger partial charge in [-0.15, -0.1) is 0 Å². The molecule has 0 aromatic heterocycles. The zero-order valence-corrected chi connectivity index (χ0v) is 14.0. The van der Waals surface area contributed by atoms with Gasteiger partial charge in [0.15, 0.2) is 0 Å². The van der Waals surface area contributed by atoms with Crippen molar-refractivity contribution in [2.24, 2.45) is 0 Å². The van der Waals surface area contributed by atoms with E-state index in [0.29, 0.717) is 17.9 Å². The SMILES string of the molecule is O=C1Nc2ccccc2/C1=C1\OCc2cc(CN3CCCC3)ccc21. The van der Waals surface area contributed by atoms with Crippen LogP contribution in [-0.4, -0.2) is 23.9 Å². The molecule has 0 spiro atoms. The van der Waals surface area contributed by atoms with E-state index < -0.39 is 0 Å². The molecule has 3 aliphatic rings. The van der Waals surface area contributed by atoms with Crippen LogP contribution in [0.3, 0.4) is 0 Å². The molecule has 4 heteroatoms. The number of hydrogen-bond donors (Lipinski definition) is 1. The maximum Gasteiger partial charge on any atom is 0.260 e. The topological polar surface area (TPSA) is 41.6 Å². The summed E-state index contributed by atoms with van der Waals surface area (Å²) in [4.78, 5) is 15.0. The van der Waals surface area contributed by atoms with E-state index in [1.807, 2.05) is 24.3 Å². The molecule has 0 aliphatic carbocycles. The van der Waals surface area contributed by atoms with E-state index in [1.54, 1.807) is 0 Å². The molecule has 1 N–H and O–H groups in total. The van der Waals surface area contributed by atoms with Crippen LogP contribution >= 0.6 is 0 Å². The normalized spacial score (nSPS) is 21.8. The second kappa shape index (κ2) is 5.74. The van der Waals surface area contributed by atoms with Crippen LogP contribution in [0.4, 0.5) is 5.69 Å². The Kier molecular flexibility index (Phi) is 3.38. The van der Waals surface area contributed by atoms with Crippen molar-refractivity contribution in [2.45, 2.75) is 26.0 Å². The summed E-state index contributed by atoms with van der Waals surface area (Å²) in [6.45, 7) is 3.93. The van der Waals surface area contributed by atoms with E-state index in [-0.39, 0.29) is 5.91 Å². The van der Waals surface area contributed by atoms with Crippen LogP contribution in [0.25, 0.3) is 11.3 Å². The van der Waals surface area contributed by atoms with Crippen LogP contribution in [0.1, 0.15) is 35.1 Å². The van der Waals surface area contributed by atoms with Crippen molar-refractivity contribution in [3.63, 3.8) is 0 Å². The van der Waals surface area contributed by atoms with Gasteiger partial charge in [0.05, 0.1) is 5.57 Å². The summed E-state index contributed by atoms with van der Waals surface area (Å²) in [5.41, 5.74) is 5.99. The lowest BCUT2D eigenvalue weighted by atomic mass is 9.99. The fourth-order valence-electron chi connectivity index (χ4n) is 4.06. The van der Waals surface area contributed by atoms with Crippen molar-refractivity contribution in [3.05, 3.63) is 64.7 Å². The number of carbonyl (C=O) groups is 1. The van der Waals surface area contributed by atoms with Gasteiger partial charge < -0.3 is 10.1 Å². The smallest absolute Gasteiger partial charge is 0.260 e. The average molecular weight is 332 g/mol. The highest BCUT2D eigenvalue weighted by Crippen LogP contribution is 2.41. The van der Waals surface area contributed by atoms with E-state index in [1.165, 1.54) is 37.1 Å². The summed E-state index contributed by atoms with van der Waals surface area (Å²) in [6.07, 6.45) is 2.61. The fourth-order valence-corrected chi connectivity index (χ4v) is 4.06. The average Bonchev–Trinajstić information content (AvgIpc) is 3.32. The molecule has 1 saturated heterocycles. The minimum Gasteiger partial charge on any atom is -0.487 e. The third-order valence-corrected chi connectivity index (χ3v) is 5.29. The third-order valence-electron chi connectivity index (χ3n) is 5.29. The Balaban J connectivity index is 1.52. The second-order valence-corrected chi connectivity index (χ2v) is 6.97. The molecule has 0 radical (unpaired) electrons. The number of amides is 1. The van der Waals surface area contributed by atoms with Crippen LogP contribution in [0, 0.1) is 0 Å². The van der Waals surface area contributed by atoms with Gasteiger partial charge in [-0.05, 0) is 37.6 Å². The van der Waals surface area contributed by atoms with Gasteiger partial charge in [-0.25, -0.2) is 0 Å². The number of para-hydroxylation sites is 1. The maximum atomic E-state index is 12.5. The van der Waals surface area contributed by atoms with Gasteiger partial charge in [-0.1, -0.05) is 36.4 Å². The van der Waals surface area contributed by atoms with Gasteiger partial charge in [-0.2, -0.15) is 0 Å². The Morgan fingerprint density at radius 2 is 1.88 bits per heavy atom. The molecular formula is C21H20N2O2. The largest absolute Gasteiger partial charge is 0.487 e. The van der Waals surface area contributed by atoms with E-state index in [4.69, 9.17) is 4.74 Å². The summed E-state index contributed by atoms with van der Waals surface area (Å²) in [7, 11) is 0. The molecule has 5 rings (SSSR count). The Hall–Kier alpha value is -2.59. The van der Waals surface area contributed by atoms with Crippen LogP contribution in [0.15, 0.2) is 42.5 Å². The van der Waals surface area contributed by atoms with Crippen molar-refractivity contribution in [1.82, 2.24) is 4.90 Å². The highest BCUT2D eigenvalue weighted by molar-refractivity contribution is 6.36. The van der Waals surface area contributed by atoms with Gasteiger partial charge in [0.1, 0.15) is 12.4 Å². The number of fused-ring (bicyclic) bond motifs is 2. The number of nitrogens with one attached hydrogen (secondary N) is 1. The van der Waals surface area contributed by atoms with Crippen molar-refractivity contribution in [1.29, 1.82) is 0 Å². The summed E-state index contributed by atoms with van der Waals surface area (Å²) in [5, 5.41) is 2.93. The van der Waals surface area contributed by atoms with E-state index >= 15 is 0 Å². The van der Waals surface area contributed by atoms with Gasteiger partial charge in [0.25, 0.3) is 5.91 Å². The number of likely N-dealkylation sites (tertiary alicyclic amines) is 1. The summed E-state index contributed by atoms with van der Waals surface area (Å²) in [6, 6.07) is 14.3. The minimum atomic E-state index is -0.0785. The zero-order chi connectivity index (χ0) is 16.8. The van der Waals surface area contributed by atoms with Gasteiger partial charge in [-0.3, -0.25) is 9.69 Å². The molecule has 3 aliphatic heterocycles. The van der Waals surface area contributed by atoms with Crippen molar-refractivity contribution >= 4 is 22.9 Å². The monoisotopic (exact) mass is 332 g/mol. The molecule has 2 aromatic rings. The Morgan fingerprint density at radius 3 is 2.76 bits per heavy atom. The summed E-state index contributed by atoms with van der Waals surface area (Å²) in [5.74, 6) is 0.635. The minimum absolute atomic E-state index is 0.0785. The van der Waals surface area contributed by atoms with Gasteiger partial charge in [0.2, 0.25) is 0 Å². The number of ether oxygens (including phenoxy) is 1. The first-order valence-corrected chi connectivity index (χ1v) is 8.92. The molecule has 1 fully saturated rings. The zero-order valence-electron chi connectivity index (χ0n) is 14.0. The molecule has 126 valence electrons. The van der Waals surface area contributed by atoms with Crippen LogP contribution in [0.2, 0.25) is 0 Å². The molecule has 0 bridgehead atoms. The number of hydrogen-bond acceptors (Lipinski definition) is 3. The van der Waals surface area contributed by atoms with Crippen molar-refractivity contribution in [2.75, 3.05) is 18.4 Å². The number of anilines is 1. The molecule has 0 saturated carbocycles. The van der Waals surface area contributed by atoms with E-state index in [2.05, 4.69) is 28.4 Å².